The first-order valence-electron chi connectivity index (χ1n) is 5.42. The van der Waals surface area contributed by atoms with Gasteiger partial charge in [0.2, 0.25) is 0 Å². The van der Waals surface area contributed by atoms with Crippen molar-refractivity contribution in [1.29, 1.82) is 0 Å². The Bertz CT molecular complexity index is 320. The molecule has 1 aliphatic rings. The third kappa shape index (κ3) is 3.05. The molecule has 1 saturated heterocycles. The molecule has 0 saturated carbocycles. The largest absolute Gasteiger partial charge is 0.303 e. The van der Waals surface area contributed by atoms with Crippen molar-refractivity contribution >= 4 is 11.3 Å². The summed E-state index contributed by atoms with van der Waals surface area (Å²) in [7, 11) is 0. The van der Waals surface area contributed by atoms with E-state index in [9.17, 15) is 0 Å². The fourth-order valence-corrected chi connectivity index (χ4v) is 2.73. The molecule has 15 heavy (non-hydrogen) atoms. The number of hydrogen-bond acceptors (Lipinski definition) is 3. The van der Waals surface area contributed by atoms with Crippen LogP contribution in [0.5, 0.6) is 0 Å². The van der Waals surface area contributed by atoms with Gasteiger partial charge in [-0.2, -0.15) is 0 Å². The van der Waals surface area contributed by atoms with E-state index in [0.29, 0.717) is 0 Å². The highest BCUT2D eigenvalue weighted by atomic mass is 32.1. The molecule has 0 spiro atoms. The van der Waals surface area contributed by atoms with Crippen molar-refractivity contribution < 1.29 is 0 Å². The molecule has 0 aromatic carbocycles. The number of nitrogens with zero attached hydrogens (tertiary/aromatic N) is 2. The first kappa shape index (κ1) is 10.7. The maximum Gasteiger partial charge on any atom is 0.0928 e. The molecule has 2 rings (SSSR count). The predicted molar refractivity (Wildman–Crippen MR) is 63.8 cm³/mol. The Labute approximate surface area is 95.3 Å². The quantitative estimate of drug-likeness (QED) is 0.557. The fraction of sp³-hybridized carbons (Fsp3) is 0.583. The first-order valence-corrected chi connectivity index (χ1v) is 6.30. The summed E-state index contributed by atoms with van der Waals surface area (Å²) in [6.07, 6.45) is 10.3. The lowest BCUT2D eigenvalue weighted by Crippen LogP contribution is -2.47. The van der Waals surface area contributed by atoms with Gasteiger partial charge in [0.05, 0.1) is 5.01 Å². The van der Waals surface area contributed by atoms with Gasteiger partial charge < -0.3 is 4.90 Å². The van der Waals surface area contributed by atoms with E-state index in [1.54, 1.807) is 11.3 Å². The molecule has 80 valence electrons. The number of aromatic nitrogens is 1. The smallest absolute Gasteiger partial charge is 0.0928 e. The van der Waals surface area contributed by atoms with Gasteiger partial charge in [-0.3, -0.25) is 0 Å². The Morgan fingerprint density at radius 1 is 1.60 bits per heavy atom. The van der Waals surface area contributed by atoms with Crippen LogP contribution in [0.2, 0.25) is 0 Å². The third-order valence-corrected chi connectivity index (χ3v) is 3.58. The second-order valence-electron chi connectivity index (χ2n) is 4.06. The van der Waals surface area contributed by atoms with Gasteiger partial charge in [-0.25, -0.2) is 4.98 Å². The van der Waals surface area contributed by atoms with Crippen LogP contribution in [0.15, 0.2) is 11.6 Å². The lowest BCUT2D eigenvalue weighted by molar-refractivity contribution is 0.0998. The van der Waals surface area contributed by atoms with Crippen molar-refractivity contribution in [2.45, 2.75) is 19.3 Å². The number of likely N-dealkylation sites (tertiary alicyclic amines) is 1. The number of hydrogen-bond donors (Lipinski definition) is 0. The van der Waals surface area contributed by atoms with Gasteiger partial charge in [0, 0.05) is 37.5 Å². The summed E-state index contributed by atoms with van der Waals surface area (Å²) >= 11 is 1.77. The highest BCUT2D eigenvalue weighted by Crippen LogP contribution is 2.21. The molecule has 2 heterocycles. The maximum absolute atomic E-state index is 5.22. The number of rotatable bonds is 5. The van der Waals surface area contributed by atoms with E-state index in [2.05, 4.69) is 21.2 Å². The van der Waals surface area contributed by atoms with Crippen LogP contribution >= 0.6 is 11.3 Å². The van der Waals surface area contributed by atoms with Crippen molar-refractivity contribution in [3.8, 4) is 12.3 Å². The molecule has 1 fully saturated rings. The molecule has 2 nitrogen and oxygen atoms in total. The van der Waals surface area contributed by atoms with E-state index in [0.717, 1.165) is 25.2 Å². The average molecular weight is 220 g/mol. The molecule has 1 aliphatic heterocycles. The van der Waals surface area contributed by atoms with Crippen molar-refractivity contribution in [2.75, 3.05) is 19.6 Å². The predicted octanol–water partition coefficient (Wildman–Crippen LogP) is 2.03. The van der Waals surface area contributed by atoms with Crippen LogP contribution in [0.1, 0.15) is 17.8 Å². The molecule has 0 amide bonds. The zero-order valence-electron chi connectivity index (χ0n) is 8.85. The number of thiazole rings is 1. The normalized spacial score (nSPS) is 17.3. The molecule has 0 N–H and O–H groups in total. The lowest BCUT2D eigenvalue weighted by Gasteiger charge is -2.39. The summed E-state index contributed by atoms with van der Waals surface area (Å²) < 4.78 is 0. The fourth-order valence-electron chi connectivity index (χ4n) is 1.99. The summed E-state index contributed by atoms with van der Waals surface area (Å²) in [6, 6.07) is 0. The Morgan fingerprint density at radius 3 is 3.13 bits per heavy atom. The SMILES string of the molecule is C#CCCCN1CC(Cc2nccs2)C1. The molecule has 0 unspecified atom stereocenters. The second kappa shape index (κ2) is 5.29. The Morgan fingerprint density at radius 2 is 2.47 bits per heavy atom. The summed E-state index contributed by atoms with van der Waals surface area (Å²) in [6.45, 7) is 3.62. The van der Waals surface area contributed by atoms with Crippen molar-refractivity contribution in [1.82, 2.24) is 9.88 Å². The zero-order valence-corrected chi connectivity index (χ0v) is 9.67. The van der Waals surface area contributed by atoms with E-state index >= 15 is 0 Å². The van der Waals surface area contributed by atoms with Crippen LogP contribution in [-0.2, 0) is 6.42 Å². The standard InChI is InChI=1S/C12H16N2S/c1-2-3-4-6-14-9-11(10-14)8-12-13-5-7-15-12/h1,5,7,11H,3-4,6,8-10H2. The summed E-state index contributed by atoms with van der Waals surface area (Å²) in [5.74, 6) is 3.51. The topological polar surface area (TPSA) is 16.1 Å². The van der Waals surface area contributed by atoms with Gasteiger partial charge >= 0.3 is 0 Å². The molecule has 0 radical (unpaired) electrons. The summed E-state index contributed by atoms with van der Waals surface area (Å²) in [4.78, 5) is 6.79. The molecule has 0 aliphatic carbocycles. The third-order valence-electron chi connectivity index (χ3n) is 2.78. The van der Waals surface area contributed by atoms with E-state index < -0.39 is 0 Å². The summed E-state index contributed by atoms with van der Waals surface area (Å²) in [5.41, 5.74) is 0. The number of unbranched alkanes of at least 4 members (excludes halogenated alkanes) is 1. The number of terminal acetylenes is 1. The average Bonchev–Trinajstić information content (AvgIpc) is 2.66. The van der Waals surface area contributed by atoms with Gasteiger partial charge in [-0.1, -0.05) is 0 Å². The first-order chi connectivity index (χ1) is 7.38. The van der Waals surface area contributed by atoms with Crippen LogP contribution in [-0.4, -0.2) is 29.5 Å². The molecule has 3 heteroatoms. The van der Waals surface area contributed by atoms with E-state index in [4.69, 9.17) is 6.42 Å². The van der Waals surface area contributed by atoms with Crippen LogP contribution in [0.3, 0.4) is 0 Å². The summed E-state index contributed by atoms with van der Waals surface area (Å²) in [5, 5.41) is 3.34. The molecular formula is C12H16N2S. The minimum atomic E-state index is 0.821. The van der Waals surface area contributed by atoms with Crippen molar-refractivity contribution in [2.24, 2.45) is 5.92 Å². The highest BCUT2D eigenvalue weighted by molar-refractivity contribution is 7.09. The molecule has 1 aromatic rings. The molecule has 1 aromatic heterocycles. The van der Waals surface area contributed by atoms with Crippen LogP contribution in [0.25, 0.3) is 0 Å². The second-order valence-corrected chi connectivity index (χ2v) is 5.04. The highest BCUT2D eigenvalue weighted by Gasteiger charge is 2.26. The Balaban J connectivity index is 1.60. The molecule has 0 bridgehead atoms. The zero-order chi connectivity index (χ0) is 10.5. The van der Waals surface area contributed by atoms with Crippen LogP contribution in [0.4, 0.5) is 0 Å². The minimum Gasteiger partial charge on any atom is -0.303 e. The minimum absolute atomic E-state index is 0.821. The Kier molecular flexibility index (Phi) is 3.76. The maximum atomic E-state index is 5.22. The lowest BCUT2D eigenvalue weighted by atomic mass is 9.96. The van der Waals surface area contributed by atoms with Crippen molar-refractivity contribution in [3.05, 3.63) is 16.6 Å². The Hall–Kier alpha value is -0.850. The van der Waals surface area contributed by atoms with Gasteiger partial charge in [0.15, 0.2) is 0 Å². The van der Waals surface area contributed by atoms with E-state index in [1.165, 1.54) is 24.6 Å². The van der Waals surface area contributed by atoms with Crippen molar-refractivity contribution in [3.63, 3.8) is 0 Å². The van der Waals surface area contributed by atoms with Crippen LogP contribution < -0.4 is 0 Å². The van der Waals surface area contributed by atoms with Gasteiger partial charge in [0.25, 0.3) is 0 Å². The monoisotopic (exact) mass is 220 g/mol. The molecular weight excluding hydrogens is 204 g/mol. The van der Waals surface area contributed by atoms with Gasteiger partial charge in [-0.15, -0.1) is 23.7 Å². The van der Waals surface area contributed by atoms with Gasteiger partial charge in [0.1, 0.15) is 0 Å². The van der Waals surface area contributed by atoms with E-state index in [-0.39, 0.29) is 0 Å². The van der Waals surface area contributed by atoms with Gasteiger partial charge in [-0.05, 0) is 18.9 Å². The van der Waals surface area contributed by atoms with Crippen LogP contribution in [0, 0.1) is 18.3 Å². The van der Waals surface area contributed by atoms with E-state index in [1.807, 2.05) is 6.20 Å². The molecule has 0 atom stereocenters.